The number of hydrogen-bond acceptors (Lipinski definition) is 5. The standard InChI is InChI=1S/C19H20F5NO5/c1-8(2)7-9-11(13(17(26)27)10-5-4-6-30-10)15(19(22,23)24)25-14(16(20)21)12(9)18(28)29-3/h8,16H,4-7H2,1-3H3,(H,26,27)/b13-10-. The molecule has 0 amide bonds. The van der Waals surface area contributed by atoms with E-state index in [-0.39, 0.29) is 25.2 Å². The van der Waals surface area contributed by atoms with Gasteiger partial charge in [-0.15, -0.1) is 0 Å². The number of ether oxygens (including phenoxy) is 2. The molecule has 1 N–H and O–H groups in total. The number of pyridine rings is 1. The Morgan fingerprint density at radius 1 is 1.23 bits per heavy atom. The summed E-state index contributed by atoms with van der Waals surface area (Å²) in [6.45, 7) is 3.26. The molecule has 0 atom stereocenters. The third-order valence-electron chi connectivity index (χ3n) is 4.37. The van der Waals surface area contributed by atoms with Gasteiger partial charge in [0.1, 0.15) is 17.0 Å². The summed E-state index contributed by atoms with van der Waals surface area (Å²) < 4.78 is 78.5. The first kappa shape index (κ1) is 23.6. The molecule has 30 heavy (non-hydrogen) atoms. The molecule has 0 unspecified atom stereocenters. The Labute approximate surface area is 168 Å². The summed E-state index contributed by atoms with van der Waals surface area (Å²) in [5.74, 6) is -3.71. The van der Waals surface area contributed by atoms with Gasteiger partial charge in [0, 0.05) is 12.0 Å². The fourth-order valence-corrected chi connectivity index (χ4v) is 3.29. The minimum Gasteiger partial charge on any atom is -0.497 e. The molecule has 0 spiro atoms. The highest BCUT2D eigenvalue weighted by Crippen LogP contribution is 2.42. The predicted octanol–water partition coefficient (Wildman–Crippen LogP) is 4.63. The lowest BCUT2D eigenvalue weighted by molar-refractivity contribution is -0.141. The number of nitrogens with zero attached hydrogens (tertiary/aromatic N) is 1. The minimum absolute atomic E-state index is 0.0458. The van der Waals surface area contributed by atoms with Crippen LogP contribution in [0.2, 0.25) is 0 Å². The number of rotatable bonds is 6. The van der Waals surface area contributed by atoms with E-state index in [4.69, 9.17) is 4.74 Å². The van der Waals surface area contributed by atoms with Crippen molar-refractivity contribution in [3.05, 3.63) is 33.8 Å². The molecule has 11 heteroatoms. The molecule has 0 aromatic carbocycles. The van der Waals surface area contributed by atoms with E-state index in [1.165, 1.54) is 0 Å². The molecule has 0 bridgehead atoms. The lowest BCUT2D eigenvalue weighted by atomic mass is 9.86. The van der Waals surface area contributed by atoms with Crippen molar-refractivity contribution >= 4 is 17.5 Å². The number of carboxylic acid groups (broad SMARTS) is 1. The molecular formula is C19H20F5NO5. The van der Waals surface area contributed by atoms with Crippen molar-refractivity contribution in [3.8, 4) is 0 Å². The van der Waals surface area contributed by atoms with E-state index in [1.807, 2.05) is 0 Å². The van der Waals surface area contributed by atoms with Gasteiger partial charge in [0.15, 0.2) is 5.69 Å². The Morgan fingerprint density at radius 3 is 2.27 bits per heavy atom. The average molecular weight is 437 g/mol. The highest BCUT2D eigenvalue weighted by molar-refractivity contribution is 6.17. The number of alkyl halides is 5. The van der Waals surface area contributed by atoms with Gasteiger partial charge in [-0.2, -0.15) is 13.2 Å². The topological polar surface area (TPSA) is 85.7 Å². The largest absolute Gasteiger partial charge is 0.497 e. The van der Waals surface area contributed by atoms with E-state index in [1.54, 1.807) is 13.8 Å². The van der Waals surface area contributed by atoms with Crippen LogP contribution in [0.25, 0.3) is 5.57 Å². The second kappa shape index (κ2) is 8.97. The van der Waals surface area contributed by atoms with Gasteiger partial charge in [-0.25, -0.2) is 23.4 Å². The van der Waals surface area contributed by atoms with Gasteiger partial charge in [-0.3, -0.25) is 0 Å². The first-order chi connectivity index (χ1) is 13.9. The first-order valence-corrected chi connectivity index (χ1v) is 9.00. The zero-order valence-corrected chi connectivity index (χ0v) is 16.4. The van der Waals surface area contributed by atoms with Gasteiger partial charge in [0.05, 0.1) is 19.3 Å². The molecule has 1 saturated heterocycles. The van der Waals surface area contributed by atoms with Crippen LogP contribution >= 0.6 is 0 Å². The van der Waals surface area contributed by atoms with Gasteiger partial charge < -0.3 is 14.6 Å². The number of carbonyl (C=O) groups excluding carboxylic acids is 1. The maximum absolute atomic E-state index is 13.9. The molecule has 6 nitrogen and oxygen atoms in total. The molecule has 0 aliphatic carbocycles. The number of aliphatic carboxylic acids is 1. The first-order valence-electron chi connectivity index (χ1n) is 9.00. The van der Waals surface area contributed by atoms with Crippen molar-refractivity contribution in [1.82, 2.24) is 4.98 Å². The molecule has 166 valence electrons. The van der Waals surface area contributed by atoms with Gasteiger partial charge in [-0.1, -0.05) is 13.8 Å². The number of hydrogen-bond donors (Lipinski definition) is 1. The van der Waals surface area contributed by atoms with Crippen LogP contribution in [0.3, 0.4) is 0 Å². The molecule has 1 aliphatic heterocycles. The number of methoxy groups -OCH3 is 1. The van der Waals surface area contributed by atoms with Gasteiger partial charge in [0.2, 0.25) is 0 Å². The van der Waals surface area contributed by atoms with Crippen molar-refractivity contribution in [2.75, 3.05) is 13.7 Å². The lowest BCUT2D eigenvalue weighted by Crippen LogP contribution is -2.24. The Bertz CT molecular complexity index is 869. The minimum atomic E-state index is -5.26. The van der Waals surface area contributed by atoms with Crippen LogP contribution in [0, 0.1) is 5.92 Å². The van der Waals surface area contributed by atoms with E-state index >= 15 is 0 Å². The zero-order chi connectivity index (χ0) is 22.8. The molecular weight excluding hydrogens is 417 g/mol. The summed E-state index contributed by atoms with van der Waals surface area (Å²) in [5.41, 5.74) is -6.35. The van der Waals surface area contributed by atoms with E-state index in [0.29, 0.717) is 6.42 Å². The number of carbonyl (C=O) groups is 2. The Kier molecular flexibility index (Phi) is 7.04. The summed E-state index contributed by atoms with van der Waals surface area (Å²) >= 11 is 0. The number of aromatic nitrogens is 1. The van der Waals surface area contributed by atoms with Crippen molar-refractivity contribution in [2.45, 2.75) is 45.7 Å². The van der Waals surface area contributed by atoms with Crippen molar-refractivity contribution in [1.29, 1.82) is 0 Å². The molecule has 1 aromatic heterocycles. The number of esters is 1. The lowest BCUT2D eigenvalue weighted by Gasteiger charge is -2.23. The molecule has 1 aliphatic rings. The van der Waals surface area contributed by atoms with E-state index in [0.717, 1.165) is 7.11 Å². The average Bonchev–Trinajstić information content (AvgIpc) is 3.14. The molecule has 2 rings (SSSR count). The predicted molar refractivity (Wildman–Crippen MR) is 93.8 cm³/mol. The quantitative estimate of drug-likeness (QED) is 0.397. The summed E-state index contributed by atoms with van der Waals surface area (Å²) in [7, 11) is 0.880. The van der Waals surface area contributed by atoms with Crippen LogP contribution < -0.4 is 0 Å². The molecule has 1 fully saturated rings. The molecule has 0 radical (unpaired) electrons. The van der Waals surface area contributed by atoms with Gasteiger partial charge >= 0.3 is 18.1 Å². The molecule has 1 aromatic rings. The maximum Gasteiger partial charge on any atom is 0.433 e. The van der Waals surface area contributed by atoms with Crippen LogP contribution in [0.5, 0.6) is 0 Å². The van der Waals surface area contributed by atoms with Crippen LogP contribution in [0.1, 0.15) is 66.0 Å². The molecule has 0 saturated carbocycles. The Hall–Kier alpha value is -2.72. The van der Waals surface area contributed by atoms with E-state index in [9.17, 15) is 36.6 Å². The Balaban J connectivity index is 3.12. The summed E-state index contributed by atoms with van der Waals surface area (Å²) in [6, 6.07) is 0. The third-order valence-corrected chi connectivity index (χ3v) is 4.37. The van der Waals surface area contributed by atoms with Crippen LogP contribution in [-0.2, 0) is 26.9 Å². The monoisotopic (exact) mass is 437 g/mol. The fourth-order valence-electron chi connectivity index (χ4n) is 3.29. The van der Waals surface area contributed by atoms with Gasteiger partial charge in [-0.05, 0) is 24.3 Å². The third kappa shape index (κ3) is 4.71. The number of halogens is 5. The van der Waals surface area contributed by atoms with Gasteiger partial charge in [0.25, 0.3) is 6.43 Å². The summed E-state index contributed by atoms with van der Waals surface area (Å²) in [6.07, 6.45) is -8.67. The SMILES string of the molecule is COC(=O)c1c(C(F)F)nc(C(F)(F)F)c(/C(C(=O)O)=C2\CCCO2)c1CC(C)C. The second-order valence-electron chi connectivity index (χ2n) is 7.02. The highest BCUT2D eigenvalue weighted by Gasteiger charge is 2.43. The number of carboxylic acids is 1. The maximum atomic E-state index is 13.9. The van der Waals surface area contributed by atoms with Crippen molar-refractivity contribution < 1.29 is 46.1 Å². The van der Waals surface area contributed by atoms with Crippen LogP contribution in [-0.4, -0.2) is 35.7 Å². The molecule has 2 heterocycles. The fraction of sp³-hybridized carbons (Fsp3) is 0.526. The number of allylic oxidation sites excluding steroid dienone is 1. The Morgan fingerprint density at radius 2 is 1.87 bits per heavy atom. The van der Waals surface area contributed by atoms with E-state index < -0.39 is 64.1 Å². The van der Waals surface area contributed by atoms with Crippen LogP contribution in [0.15, 0.2) is 5.76 Å². The summed E-state index contributed by atoms with van der Waals surface area (Å²) in [5, 5.41) is 9.70. The smallest absolute Gasteiger partial charge is 0.433 e. The summed E-state index contributed by atoms with van der Waals surface area (Å²) in [4.78, 5) is 27.3. The van der Waals surface area contributed by atoms with E-state index in [2.05, 4.69) is 9.72 Å². The zero-order valence-electron chi connectivity index (χ0n) is 16.4. The van der Waals surface area contributed by atoms with Crippen LogP contribution in [0.4, 0.5) is 22.0 Å². The van der Waals surface area contributed by atoms with Crippen molar-refractivity contribution in [2.24, 2.45) is 5.92 Å². The second-order valence-corrected chi connectivity index (χ2v) is 7.02. The van der Waals surface area contributed by atoms with Crippen molar-refractivity contribution in [3.63, 3.8) is 0 Å². The highest BCUT2D eigenvalue weighted by atomic mass is 19.4. The normalized spacial score (nSPS) is 16.1.